The van der Waals surface area contributed by atoms with Crippen LogP contribution in [-0.4, -0.2) is 4.98 Å². The SMILES string of the molecule is Cc1ccc(CNc2ncc(Br)cc2C(F)(F)F)o1. The lowest BCUT2D eigenvalue weighted by molar-refractivity contribution is -0.137. The molecule has 2 rings (SSSR count). The van der Waals surface area contributed by atoms with Crippen molar-refractivity contribution in [3.63, 3.8) is 0 Å². The van der Waals surface area contributed by atoms with E-state index in [-0.39, 0.29) is 16.8 Å². The molecule has 0 spiro atoms. The minimum Gasteiger partial charge on any atom is -0.465 e. The molecular formula is C12H10BrF3N2O. The van der Waals surface area contributed by atoms with Crippen molar-refractivity contribution < 1.29 is 17.6 Å². The van der Waals surface area contributed by atoms with Gasteiger partial charge in [0.25, 0.3) is 0 Å². The third-order valence-electron chi connectivity index (χ3n) is 2.39. The summed E-state index contributed by atoms with van der Waals surface area (Å²) in [5.41, 5.74) is -0.815. The van der Waals surface area contributed by atoms with Gasteiger partial charge in [-0.15, -0.1) is 0 Å². The van der Waals surface area contributed by atoms with Crippen LogP contribution in [0.4, 0.5) is 19.0 Å². The Balaban J connectivity index is 2.20. The number of halogens is 4. The van der Waals surface area contributed by atoms with E-state index in [4.69, 9.17) is 4.42 Å². The largest absolute Gasteiger partial charge is 0.465 e. The highest BCUT2D eigenvalue weighted by Crippen LogP contribution is 2.35. The van der Waals surface area contributed by atoms with Crippen LogP contribution in [0.25, 0.3) is 0 Å². The maximum Gasteiger partial charge on any atom is 0.419 e. The van der Waals surface area contributed by atoms with Gasteiger partial charge >= 0.3 is 6.18 Å². The average Bonchev–Trinajstić information content (AvgIpc) is 2.72. The minimum absolute atomic E-state index is 0.144. The molecule has 2 aromatic rings. The fraction of sp³-hybridized carbons (Fsp3) is 0.250. The van der Waals surface area contributed by atoms with Crippen LogP contribution in [0.2, 0.25) is 0 Å². The van der Waals surface area contributed by atoms with Crippen LogP contribution in [-0.2, 0) is 12.7 Å². The van der Waals surface area contributed by atoms with Crippen LogP contribution in [0.3, 0.4) is 0 Å². The highest BCUT2D eigenvalue weighted by Gasteiger charge is 2.34. The van der Waals surface area contributed by atoms with E-state index in [0.717, 1.165) is 6.07 Å². The van der Waals surface area contributed by atoms with Crippen molar-refractivity contribution in [2.75, 3.05) is 5.32 Å². The number of hydrogen-bond acceptors (Lipinski definition) is 3. The molecule has 19 heavy (non-hydrogen) atoms. The Morgan fingerprint density at radius 2 is 2.11 bits per heavy atom. The first-order valence-corrected chi connectivity index (χ1v) is 6.17. The average molecular weight is 335 g/mol. The Kier molecular flexibility index (Phi) is 3.84. The van der Waals surface area contributed by atoms with Crippen molar-refractivity contribution in [3.8, 4) is 0 Å². The summed E-state index contributed by atoms with van der Waals surface area (Å²) in [5, 5.41) is 2.63. The molecule has 0 aliphatic heterocycles. The molecule has 0 saturated carbocycles. The van der Waals surface area contributed by atoms with E-state index in [0.29, 0.717) is 11.5 Å². The number of furan rings is 1. The normalized spacial score (nSPS) is 11.6. The first kappa shape index (κ1) is 13.9. The van der Waals surface area contributed by atoms with E-state index in [1.165, 1.54) is 6.20 Å². The molecule has 0 aliphatic carbocycles. The number of nitrogens with one attached hydrogen (secondary N) is 1. The van der Waals surface area contributed by atoms with Gasteiger partial charge in [0.05, 0.1) is 12.1 Å². The predicted octanol–water partition coefficient (Wildman–Crippen LogP) is 4.38. The summed E-state index contributed by atoms with van der Waals surface area (Å²) in [4.78, 5) is 3.75. The number of aryl methyl sites for hydroxylation is 1. The van der Waals surface area contributed by atoms with E-state index in [9.17, 15) is 13.2 Å². The van der Waals surface area contributed by atoms with Crippen LogP contribution < -0.4 is 5.32 Å². The molecule has 0 saturated heterocycles. The summed E-state index contributed by atoms with van der Waals surface area (Å²) in [6, 6.07) is 4.44. The third-order valence-corrected chi connectivity index (χ3v) is 2.82. The zero-order valence-electron chi connectivity index (χ0n) is 9.88. The molecule has 1 N–H and O–H groups in total. The zero-order chi connectivity index (χ0) is 14.0. The summed E-state index contributed by atoms with van der Waals surface area (Å²) in [5.74, 6) is 1.04. The summed E-state index contributed by atoms with van der Waals surface area (Å²) >= 11 is 2.98. The topological polar surface area (TPSA) is 38.1 Å². The van der Waals surface area contributed by atoms with Crippen LogP contribution in [0, 0.1) is 6.92 Å². The second kappa shape index (κ2) is 5.24. The Morgan fingerprint density at radius 3 is 2.68 bits per heavy atom. The van der Waals surface area contributed by atoms with E-state index in [1.54, 1.807) is 19.1 Å². The van der Waals surface area contributed by atoms with E-state index in [1.807, 2.05) is 0 Å². The maximum absolute atomic E-state index is 12.8. The maximum atomic E-state index is 12.8. The second-order valence-corrected chi connectivity index (χ2v) is 4.83. The molecule has 0 aromatic carbocycles. The number of pyridine rings is 1. The van der Waals surface area contributed by atoms with Crippen LogP contribution in [0.15, 0.2) is 33.3 Å². The summed E-state index contributed by atoms with van der Waals surface area (Å²) in [6.45, 7) is 1.91. The first-order valence-electron chi connectivity index (χ1n) is 5.38. The molecule has 2 heterocycles. The van der Waals surface area contributed by atoms with Crippen molar-refractivity contribution in [2.45, 2.75) is 19.6 Å². The molecule has 0 bridgehead atoms. The van der Waals surface area contributed by atoms with Gasteiger partial charge in [-0.2, -0.15) is 13.2 Å². The van der Waals surface area contributed by atoms with Gasteiger partial charge in [-0.3, -0.25) is 0 Å². The Morgan fingerprint density at radius 1 is 1.37 bits per heavy atom. The molecule has 102 valence electrons. The molecule has 3 nitrogen and oxygen atoms in total. The van der Waals surface area contributed by atoms with Crippen molar-refractivity contribution in [3.05, 3.63) is 46.0 Å². The third kappa shape index (κ3) is 3.50. The lowest BCUT2D eigenvalue weighted by atomic mass is 10.2. The fourth-order valence-corrected chi connectivity index (χ4v) is 1.88. The lowest BCUT2D eigenvalue weighted by Crippen LogP contribution is -2.12. The van der Waals surface area contributed by atoms with Crippen molar-refractivity contribution in [2.24, 2.45) is 0 Å². The number of rotatable bonds is 3. The highest BCUT2D eigenvalue weighted by atomic mass is 79.9. The van der Waals surface area contributed by atoms with Crippen LogP contribution in [0.1, 0.15) is 17.1 Å². The van der Waals surface area contributed by atoms with Gasteiger partial charge in [-0.25, -0.2) is 4.98 Å². The molecule has 2 aromatic heterocycles. The molecular weight excluding hydrogens is 325 g/mol. The number of anilines is 1. The van der Waals surface area contributed by atoms with Crippen LogP contribution in [0.5, 0.6) is 0 Å². The van der Waals surface area contributed by atoms with Crippen LogP contribution >= 0.6 is 15.9 Å². The standard InChI is InChI=1S/C12H10BrF3N2O/c1-7-2-3-9(19-7)6-18-11-10(12(14,15)16)4-8(13)5-17-11/h2-5H,6H2,1H3,(H,17,18). The van der Waals surface area contributed by atoms with Gasteiger partial charge in [0.15, 0.2) is 0 Å². The van der Waals surface area contributed by atoms with Crippen molar-refractivity contribution in [1.82, 2.24) is 4.98 Å². The lowest BCUT2D eigenvalue weighted by Gasteiger charge is -2.13. The molecule has 0 radical (unpaired) electrons. The summed E-state index contributed by atoms with van der Waals surface area (Å²) < 4.78 is 44.1. The van der Waals surface area contributed by atoms with Gasteiger partial charge < -0.3 is 9.73 Å². The van der Waals surface area contributed by atoms with Gasteiger partial charge in [-0.05, 0) is 41.1 Å². The molecule has 0 fully saturated rings. The Labute approximate surface area is 116 Å². The zero-order valence-corrected chi connectivity index (χ0v) is 11.5. The van der Waals surface area contributed by atoms with Crippen molar-refractivity contribution in [1.29, 1.82) is 0 Å². The second-order valence-electron chi connectivity index (χ2n) is 3.91. The molecule has 0 amide bonds. The van der Waals surface area contributed by atoms with Gasteiger partial charge in [0.1, 0.15) is 17.3 Å². The molecule has 0 aliphatic rings. The predicted molar refractivity (Wildman–Crippen MR) is 67.7 cm³/mol. The van der Waals surface area contributed by atoms with Crippen molar-refractivity contribution >= 4 is 21.7 Å². The number of hydrogen-bond donors (Lipinski definition) is 1. The summed E-state index contributed by atoms with van der Waals surface area (Å²) in [7, 11) is 0. The molecule has 7 heteroatoms. The number of aromatic nitrogens is 1. The fourth-order valence-electron chi connectivity index (χ4n) is 1.55. The smallest absolute Gasteiger partial charge is 0.419 e. The summed E-state index contributed by atoms with van der Waals surface area (Å²) in [6.07, 6.45) is -3.15. The van der Waals surface area contributed by atoms with Gasteiger partial charge in [0, 0.05) is 10.7 Å². The molecule has 0 unspecified atom stereocenters. The number of nitrogens with zero attached hydrogens (tertiary/aromatic N) is 1. The molecule has 0 atom stereocenters. The number of alkyl halides is 3. The Bertz CT molecular complexity index is 581. The van der Waals surface area contributed by atoms with Gasteiger partial charge in [0.2, 0.25) is 0 Å². The Hall–Kier alpha value is -1.50. The first-order chi connectivity index (χ1) is 8.86. The van der Waals surface area contributed by atoms with E-state index < -0.39 is 11.7 Å². The minimum atomic E-state index is -4.46. The quantitative estimate of drug-likeness (QED) is 0.905. The van der Waals surface area contributed by atoms with Gasteiger partial charge in [-0.1, -0.05) is 0 Å². The monoisotopic (exact) mass is 334 g/mol. The van der Waals surface area contributed by atoms with E-state index >= 15 is 0 Å². The van der Waals surface area contributed by atoms with E-state index in [2.05, 4.69) is 26.2 Å². The highest BCUT2D eigenvalue weighted by molar-refractivity contribution is 9.10.